The Labute approximate surface area is 163 Å². The number of aromatic nitrogens is 1. The van der Waals surface area contributed by atoms with E-state index in [0.29, 0.717) is 22.5 Å². The molecule has 3 rings (SSSR count). The minimum Gasteiger partial charge on any atom is -0.302 e. The molecule has 1 aromatic heterocycles. The van der Waals surface area contributed by atoms with Crippen molar-refractivity contribution in [2.45, 2.75) is 26.7 Å². The lowest BCUT2D eigenvalue weighted by Gasteiger charge is -2.05. The van der Waals surface area contributed by atoms with Crippen LogP contribution in [0.25, 0.3) is 11.3 Å². The zero-order valence-electron chi connectivity index (χ0n) is 14.8. The molecule has 0 bridgehead atoms. The van der Waals surface area contributed by atoms with Gasteiger partial charge in [0.2, 0.25) is 5.91 Å². The van der Waals surface area contributed by atoms with Gasteiger partial charge in [-0.05, 0) is 35.6 Å². The number of thiazole rings is 1. The Bertz CT molecular complexity index is 870. The van der Waals surface area contributed by atoms with Crippen LogP contribution in [0, 0.1) is 5.92 Å². The average Bonchev–Trinajstić information content (AvgIpc) is 3.05. The summed E-state index contributed by atoms with van der Waals surface area (Å²) in [4.78, 5) is 16.7. The molecule has 2 aromatic carbocycles. The summed E-state index contributed by atoms with van der Waals surface area (Å²) in [5, 5.41) is 6.12. The van der Waals surface area contributed by atoms with Gasteiger partial charge in [0.25, 0.3) is 0 Å². The molecule has 134 valence electrons. The van der Waals surface area contributed by atoms with Gasteiger partial charge >= 0.3 is 0 Å². The molecule has 0 fully saturated rings. The number of nitrogens with zero attached hydrogens (tertiary/aromatic N) is 1. The van der Waals surface area contributed by atoms with E-state index in [1.54, 1.807) is 12.1 Å². The number of nitrogens with one attached hydrogen (secondary N) is 1. The first-order chi connectivity index (χ1) is 12.5. The van der Waals surface area contributed by atoms with Gasteiger partial charge in [-0.3, -0.25) is 4.79 Å². The third kappa shape index (κ3) is 5.16. The molecule has 5 heteroatoms. The summed E-state index contributed by atoms with van der Waals surface area (Å²) < 4.78 is 0. The van der Waals surface area contributed by atoms with Gasteiger partial charge in [0.15, 0.2) is 5.13 Å². The molecule has 26 heavy (non-hydrogen) atoms. The second-order valence-electron chi connectivity index (χ2n) is 6.68. The summed E-state index contributed by atoms with van der Waals surface area (Å²) in [6, 6.07) is 15.8. The topological polar surface area (TPSA) is 42.0 Å². The van der Waals surface area contributed by atoms with E-state index in [-0.39, 0.29) is 5.91 Å². The van der Waals surface area contributed by atoms with Gasteiger partial charge in [0.1, 0.15) is 0 Å². The number of anilines is 1. The Morgan fingerprint density at radius 3 is 2.38 bits per heavy atom. The predicted octanol–water partition coefficient (Wildman–Crippen LogP) is 5.84. The Kier molecular flexibility index (Phi) is 6.07. The molecule has 0 aliphatic carbocycles. The van der Waals surface area contributed by atoms with Crippen molar-refractivity contribution < 1.29 is 4.79 Å². The third-order valence-corrected chi connectivity index (χ3v) is 4.93. The highest BCUT2D eigenvalue weighted by molar-refractivity contribution is 7.14. The zero-order valence-corrected chi connectivity index (χ0v) is 16.4. The largest absolute Gasteiger partial charge is 0.302 e. The molecule has 3 nitrogen and oxygen atoms in total. The van der Waals surface area contributed by atoms with E-state index in [0.717, 1.165) is 23.2 Å². The Balaban J connectivity index is 1.62. The summed E-state index contributed by atoms with van der Waals surface area (Å²) in [7, 11) is 0. The van der Waals surface area contributed by atoms with Gasteiger partial charge in [-0.1, -0.05) is 61.8 Å². The van der Waals surface area contributed by atoms with Crippen LogP contribution in [-0.2, 0) is 17.6 Å². The molecular weight excluding hydrogens is 364 g/mol. The second-order valence-corrected chi connectivity index (χ2v) is 7.98. The number of carbonyl (C=O) groups is 1. The highest BCUT2D eigenvalue weighted by atomic mass is 35.5. The molecule has 0 saturated carbocycles. The number of amides is 1. The minimum atomic E-state index is -0.0829. The lowest BCUT2D eigenvalue weighted by Crippen LogP contribution is -2.14. The monoisotopic (exact) mass is 384 g/mol. The van der Waals surface area contributed by atoms with Crippen LogP contribution < -0.4 is 5.32 Å². The molecule has 0 unspecified atom stereocenters. The first-order valence-electron chi connectivity index (χ1n) is 8.59. The Morgan fingerprint density at radius 2 is 1.73 bits per heavy atom. The van der Waals surface area contributed by atoms with Crippen LogP contribution in [0.4, 0.5) is 5.13 Å². The van der Waals surface area contributed by atoms with Crippen molar-refractivity contribution >= 4 is 34.0 Å². The van der Waals surface area contributed by atoms with Gasteiger partial charge in [0.05, 0.1) is 12.1 Å². The maximum atomic E-state index is 12.2. The van der Waals surface area contributed by atoms with Crippen LogP contribution in [0.2, 0.25) is 5.02 Å². The van der Waals surface area contributed by atoms with Crippen LogP contribution in [0.3, 0.4) is 0 Å². The van der Waals surface area contributed by atoms with E-state index in [4.69, 9.17) is 11.6 Å². The lowest BCUT2D eigenvalue weighted by molar-refractivity contribution is -0.115. The van der Waals surface area contributed by atoms with E-state index in [1.807, 2.05) is 17.5 Å². The van der Waals surface area contributed by atoms with E-state index in [1.165, 1.54) is 16.9 Å². The highest BCUT2D eigenvalue weighted by Gasteiger charge is 2.09. The summed E-state index contributed by atoms with van der Waals surface area (Å²) in [5.41, 5.74) is 4.19. The van der Waals surface area contributed by atoms with Crippen molar-refractivity contribution in [2.75, 3.05) is 5.32 Å². The smallest absolute Gasteiger partial charge is 0.230 e. The lowest BCUT2D eigenvalue weighted by atomic mass is 10.0. The molecule has 1 N–H and O–H groups in total. The summed E-state index contributed by atoms with van der Waals surface area (Å²) in [6.07, 6.45) is 1.37. The Hall–Kier alpha value is -2.17. The standard InChI is InChI=1S/C21H21ClN2OS/c1-14(2)11-15-3-7-17(8-4-15)19-13-26-21(23-19)24-20(25)12-16-5-9-18(22)10-6-16/h3-10,13-14H,11-12H2,1-2H3,(H,23,24,25). The van der Waals surface area contributed by atoms with Gasteiger partial charge in [-0.15, -0.1) is 11.3 Å². The third-order valence-electron chi connectivity index (χ3n) is 3.92. The highest BCUT2D eigenvalue weighted by Crippen LogP contribution is 2.25. The predicted molar refractivity (Wildman–Crippen MR) is 110 cm³/mol. The van der Waals surface area contributed by atoms with Crippen LogP contribution >= 0.6 is 22.9 Å². The number of rotatable bonds is 6. The number of carbonyl (C=O) groups excluding carboxylic acids is 1. The fourth-order valence-electron chi connectivity index (χ4n) is 2.70. The summed E-state index contributed by atoms with van der Waals surface area (Å²) in [6.45, 7) is 4.43. The van der Waals surface area contributed by atoms with Crippen molar-refractivity contribution in [3.05, 3.63) is 70.1 Å². The number of hydrogen-bond acceptors (Lipinski definition) is 3. The molecule has 0 saturated heterocycles. The fraction of sp³-hybridized carbons (Fsp3) is 0.238. The maximum Gasteiger partial charge on any atom is 0.230 e. The van der Waals surface area contributed by atoms with Gasteiger partial charge in [0, 0.05) is 16.0 Å². The Morgan fingerprint density at radius 1 is 1.08 bits per heavy atom. The van der Waals surface area contributed by atoms with Gasteiger partial charge in [-0.2, -0.15) is 0 Å². The normalized spacial score (nSPS) is 10.9. The van der Waals surface area contributed by atoms with Crippen molar-refractivity contribution in [1.82, 2.24) is 4.98 Å². The first kappa shape index (κ1) is 18.6. The van der Waals surface area contributed by atoms with Crippen molar-refractivity contribution in [3.63, 3.8) is 0 Å². The second kappa shape index (κ2) is 8.47. The van der Waals surface area contributed by atoms with E-state index in [2.05, 4.69) is 48.4 Å². The van der Waals surface area contributed by atoms with Crippen molar-refractivity contribution in [3.8, 4) is 11.3 Å². The van der Waals surface area contributed by atoms with Gasteiger partial charge < -0.3 is 5.32 Å². The zero-order chi connectivity index (χ0) is 18.5. The van der Waals surface area contributed by atoms with Crippen LogP contribution in [-0.4, -0.2) is 10.9 Å². The van der Waals surface area contributed by atoms with Crippen LogP contribution in [0.5, 0.6) is 0 Å². The molecule has 0 atom stereocenters. The number of hydrogen-bond donors (Lipinski definition) is 1. The molecule has 1 heterocycles. The fourth-order valence-corrected chi connectivity index (χ4v) is 3.56. The molecule has 0 aliphatic heterocycles. The van der Waals surface area contributed by atoms with E-state index >= 15 is 0 Å². The molecular formula is C21H21ClN2OS. The SMILES string of the molecule is CC(C)Cc1ccc(-c2csc(NC(=O)Cc3ccc(Cl)cc3)n2)cc1. The maximum absolute atomic E-state index is 12.2. The van der Waals surface area contributed by atoms with E-state index in [9.17, 15) is 4.79 Å². The first-order valence-corrected chi connectivity index (χ1v) is 9.84. The van der Waals surface area contributed by atoms with Crippen molar-refractivity contribution in [1.29, 1.82) is 0 Å². The van der Waals surface area contributed by atoms with Crippen LogP contribution in [0.1, 0.15) is 25.0 Å². The van der Waals surface area contributed by atoms with E-state index < -0.39 is 0 Å². The molecule has 3 aromatic rings. The number of halogens is 1. The minimum absolute atomic E-state index is 0.0829. The molecule has 0 radical (unpaired) electrons. The van der Waals surface area contributed by atoms with Crippen LogP contribution in [0.15, 0.2) is 53.9 Å². The molecule has 0 spiro atoms. The summed E-state index contributed by atoms with van der Waals surface area (Å²) >= 11 is 7.30. The van der Waals surface area contributed by atoms with Gasteiger partial charge in [-0.25, -0.2) is 4.98 Å². The molecule has 0 aliphatic rings. The average molecular weight is 385 g/mol. The quantitative estimate of drug-likeness (QED) is 0.579. The summed E-state index contributed by atoms with van der Waals surface area (Å²) in [5.74, 6) is 0.558. The number of benzene rings is 2. The molecule has 1 amide bonds. The van der Waals surface area contributed by atoms with Crippen molar-refractivity contribution in [2.24, 2.45) is 5.92 Å².